The number of aromatic nitrogens is 2. The van der Waals surface area contributed by atoms with Gasteiger partial charge < -0.3 is 16.0 Å². The Bertz CT molecular complexity index is 835. The number of likely N-dealkylation sites (tertiary alicyclic amines) is 1. The van der Waals surface area contributed by atoms with Gasteiger partial charge in [-0.05, 0) is 38.3 Å². The summed E-state index contributed by atoms with van der Waals surface area (Å²) in [5.41, 5.74) is 7.66. The van der Waals surface area contributed by atoms with Crippen molar-refractivity contribution in [2.24, 2.45) is 5.73 Å². The van der Waals surface area contributed by atoms with Crippen molar-refractivity contribution in [1.29, 1.82) is 0 Å². The van der Waals surface area contributed by atoms with Crippen LogP contribution in [0, 0.1) is 6.92 Å². The number of piperidine rings is 1. The maximum absolute atomic E-state index is 12.9. The van der Waals surface area contributed by atoms with Crippen molar-refractivity contribution in [1.82, 2.24) is 14.9 Å². The van der Waals surface area contributed by atoms with E-state index < -0.39 is 0 Å². The molecule has 1 aromatic heterocycles. The van der Waals surface area contributed by atoms with Gasteiger partial charge in [-0.15, -0.1) is 0 Å². The van der Waals surface area contributed by atoms with Gasteiger partial charge >= 0.3 is 0 Å². The van der Waals surface area contributed by atoms with Crippen molar-refractivity contribution in [3.05, 3.63) is 41.6 Å². The monoisotopic (exact) mass is 367 g/mol. The molecular weight excluding hydrogens is 342 g/mol. The Kier molecular flexibility index (Phi) is 5.69. The molecule has 2 heterocycles. The van der Waals surface area contributed by atoms with Gasteiger partial charge in [0.15, 0.2) is 5.82 Å². The van der Waals surface area contributed by atoms with Crippen LogP contribution in [-0.2, 0) is 4.79 Å². The van der Waals surface area contributed by atoms with Crippen LogP contribution in [-0.4, -0.2) is 46.3 Å². The molecule has 7 heteroatoms. The fourth-order valence-corrected chi connectivity index (χ4v) is 3.47. The lowest BCUT2D eigenvalue weighted by Crippen LogP contribution is -2.45. The molecule has 3 N–H and O–H groups in total. The summed E-state index contributed by atoms with van der Waals surface area (Å²) in [7, 11) is 1.81. The van der Waals surface area contributed by atoms with Gasteiger partial charge in [-0.3, -0.25) is 9.59 Å². The minimum Gasteiger partial charge on any atom is -0.373 e. The molecule has 1 saturated heterocycles. The average molecular weight is 367 g/mol. The van der Waals surface area contributed by atoms with Crippen LogP contribution in [0.25, 0.3) is 11.4 Å². The van der Waals surface area contributed by atoms with Gasteiger partial charge in [-0.25, -0.2) is 9.97 Å². The summed E-state index contributed by atoms with van der Waals surface area (Å²) in [6.07, 6.45) is 2.99. The van der Waals surface area contributed by atoms with Crippen LogP contribution in [0.3, 0.4) is 0 Å². The number of nitrogens with two attached hydrogens (primary N) is 1. The lowest BCUT2D eigenvalue weighted by molar-refractivity contribution is -0.119. The van der Waals surface area contributed by atoms with Gasteiger partial charge in [0, 0.05) is 48.9 Å². The minimum atomic E-state index is -0.369. The topological polar surface area (TPSA) is 101 Å². The Balaban J connectivity index is 1.81. The summed E-state index contributed by atoms with van der Waals surface area (Å²) in [6.45, 7) is 2.57. The normalized spacial score (nSPS) is 16.8. The lowest BCUT2D eigenvalue weighted by Gasteiger charge is -2.35. The third-order valence-corrected chi connectivity index (χ3v) is 4.83. The standard InChI is InChI=1S/C20H25N5O2/c1-13-11-18(22-2)24-19(23-13)14-6-8-15(9-7-14)20(27)25-10-4-3-5-16(25)12-17(21)26/h6-9,11,16H,3-5,10,12H2,1-2H3,(H2,21,26)(H,22,23,24). The van der Waals surface area contributed by atoms with E-state index >= 15 is 0 Å². The minimum absolute atomic E-state index is 0.0615. The summed E-state index contributed by atoms with van der Waals surface area (Å²) >= 11 is 0. The van der Waals surface area contributed by atoms with E-state index in [0.29, 0.717) is 17.9 Å². The van der Waals surface area contributed by atoms with Gasteiger partial charge in [0.25, 0.3) is 5.91 Å². The maximum atomic E-state index is 12.9. The van der Waals surface area contributed by atoms with Gasteiger partial charge in [-0.1, -0.05) is 12.1 Å². The zero-order valence-corrected chi connectivity index (χ0v) is 15.7. The van der Waals surface area contributed by atoms with E-state index in [1.165, 1.54) is 0 Å². The van der Waals surface area contributed by atoms with Crippen LogP contribution in [0.2, 0.25) is 0 Å². The van der Waals surface area contributed by atoms with E-state index in [-0.39, 0.29) is 24.3 Å². The van der Waals surface area contributed by atoms with Crippen molar-refractivity contribution in [3.63, 3.8) is 0 Å². The quantitative estimate of drug-likeness (QED) is 0.845. The molecule has 0 aliphatic carbocycles. The first-order valence-electron chi connectivity index (χ1n) is 9.21. The summed E-state index contributed by atoms with van der Waals surface area (Å²) in [5, 5.41) is 3.02. The Labute approximate surface area is 159 Å². The molecule has 0 radical (unpaired) electrons. The smallest absolute Gasteiger partial charge is 0.254 e. The number of amides is 2. The SMILES string of the molecule is CNc1cc(C)nc(-c2ccc(C(=O)N3CCCCC3CC(N)=O)cc2)n1. The number of primary amides is 1. The molecule has 2 aromatic rings. The third-order valence-electron chi connectivity index (χ3n) is 4.83. The highest BCUT2D eigenvalue weighted by molar-refractivity contribution is 5.95. The molecule has 1 aliphatic rings. The van der Waals surface area contributed by atoms with E-state index in [2.05, 4.69) is 15.3 Å². The summed E-state index contributed by atoms with van der Waals surface area (Å²) in [4.78, 5) is 35.0. The molecule has 0 spiro atoms. The molecule has 142 valence electrons. The Morgan fingerprint density at radius 3 is 2.63 bits per heavy atom. The van der Waals surface area contributed by atoms with Crippen LogP contribution in [0.4, 0.5) is 5.82 Å². The molecule has 0 saturated carbocycles. The maximum Gasteiger partial charge on any atom is 0.254 e. The Hall–Kier alpha value is -2.96. The van der Waals surface area contributed by atoms with E-state index in [0.717, 1.165) is 36.3 Å². The zero-order chi connectivity index (χ0) is 19.4. The number of nitrogens with zero attached hydrogens (tertiary/aromatic N) is 3. The largest absolute Gasteiger partial charge is 0.373 e. The fraction of sp³-hybridized carbons (Fsp3) is 0.400. The number of anilines is 1. The first-order valence-corrected chi connectivity index (χ1v) is 9.21. The molecule has 1 aromatic carbocycles. The number of hydrogen-bond donors (Lipinski definition) is 2. The summed E-state index contributed by atoms with van der Waals surface area (Å²) in [5.74, 6) is 0.934. The fourth-order valence-electron chi connectivity index (χ4n) is 3.47. The molecule has 27 heavy (non-hydrogen) atoms. The number of benzene rings is 1. The molecule has 2 amide bonds. The predicted molar refractivity (Wildman–Crippen MR) is 104 cm³/mol. The van der Waals surface area contributed by atoms with Crippen molar-refractivity contribution in [2.75, 3.05) is 18.9 Å². The summed E-state index contributed by atoms with van der Waals surface area (Å²) in [6, 6.07) is 9.05. The van der Waals surface area contributed by atoms with Gasteiger partial charge in [0.1, 0.15) is 5.82 Å². The molecular formula is C20H25N5O2. The Morgan fingerprint density at radius 2 is 1.96 bits per heavy atom. The number of nitrogens with one attached hydrogen (secondary N) is 1. The highest BCUT2D eigenvalue weighted by atomic mass is 16.2. The number of hydrogen-bond acceptors (Lipinski definition) is 5. The second-order valence-corrected chi connectivity index (χ2v) is 6.86. The average Bonchev–Trinajstić information content (AvgIpc) is 2.67. The molecule has 3 rings (SSSR count). The highest BCUT2D eigenvalue weighted by Crippen LogP contribution is 2.23. The lowest BCUT2D eigenvalue weighted by atomic mass is 9.97. The van der Waals surface area contributed by atoms with Crippen molar-refractivity contribution in [2.45, 2.75) is 38.6 Å². The van der Waals surface area contributed by atoms with Gasteiger partial charge in [0.05, 0.1) is 0 Å². The number of rotatable bonds is 5. The number of carbonyl (C=O) groups is 2. The zero-order valence-electron chi connectivity index (χ0n) is 15.7. The molecule has 7 nitrogen and oxygen atoms in total. The van der Waals surface area contributed by atoms with Gasteiger partial charge in [-0.2, -0.15) is 0 Å². The number of carbonyl (C=O) groups excluding carboxylic acids is 2. The predicted octanol–water partition coefficient (Wildman–Crippen LogP) is 2.36. The summed E-state index contributed by atoms with van der Waals surface area (Å²) < 4.78 is 0. The van der Waals surface area contributed by atoms with E-state index in [1.54, 1.807) is 17.0 Å². The first kappa shape index (κ1) is 18.8. The van der Waals surface area contributed by atoms with Gasteiger partial charge in [0.2, 0.25) is 5.91 Å². The third kappa shape index (κ3) is 4.42. The van der Waals surface area contributed by atoms with Crippen LogP contribution in [0.15, 0.2) is 30.3 Å². The van der Waals surface area contributed by atoms with E-state index in [1.807, 2.05) is 32.2 Å². The molecule has 1 unspecified atom stereocenters. The van der Waals surface area contributed by atoms with Crippen LogP contribution >= 0.6 is 0 Å². The molecule has 1 fully saturated rings. The van der Waals surface area contributed by atoms with Crippen molar-refractivity contribution >= 4 is 17.6 Å². The Morgan fingerprint density at radius 1 is 1.22 bits per heavy atom. The van der Waals surface area contributed by atoms with Crippen LogP contribution in [0.1, 0.15) is 41.7 Å². The highest BCUT2D eigenvalue weighted by Gasteiger charge is 2.28. The van der Waals surface area contributed by atoms with Crippen LogP contribution < -0.4 is 11.1 Å². The van der Waals surface area contributed by atoms with E-state index in [9.17, 15) is 9.59 Å². The van der Waals surface area contributed by atoms with Crippen LogP contribution in [0.5, 0.6) is 0 Å². The second-order valence-electron chi connectivity index (χ2n) is 6.86. The first-order chi connectivity index (χ1) is 13.0. The second kappa shape index (κ2) is 8.16. The molecule has 1 atom stereocenters. The van der Waals surface area contributed by atoms with Crippen molar-refractivity contribution < 1.29 is 9.59 Å². The number of aryl methyl sites for hydroxylation is 1. The molecule has 1 aliphatic heterocycles. The van der Waals surface area contributed by atoms with E-state index in [4.69, 9.17) is 5.73 Å². The van der Waals surface area contributed by atoms with Crippen molar-refractivity contribution in [3.8, 4) is 11.4 Å². The molecule has 0 bridgehead atoms.